The number of anilines is 1. The Morgan fingerprint density at radius 2 is 1.97 bits per heavy atom. The number of hydrogen-bond donors (Lipinski definition) is 2. The van der Waals surface area contributed by atoms with Crippen LogP contribution >= 0.6 is 0 Å². The fourth-order valence-corrected chi connectivity index (χ4v) is 4.78. The van der Waals surface area contributed by atoms with Crippen molar-refractivity contribution in [3.63, 3.8) is 0 Å². The molecule has 0 bridgehead atoms. The zero-order chi connectivity index (χ0) is 22.0. The summed E-state index contributed by atoms with van der Waals surface area (Å²) in [6, 6.07) is 1.38. The number of nitrogens with one attached hydrogen (secondary N) is 2. The second-order valence-corrected chi connectivity index (χ2v) is 9.11. The molecule has 9 nitrogen and oxygen atoms in total. The van der Waals surface area contributed by atoms with Gasteiger partial charge < -0.3 is 20.4 Å². The van der Waals surface area contributed by atoms with Gasteiger partial charge in [0, 0.05) is 50.8 Å². The number of carbonyl (C=O) groups excluding carboxylic acids is 3. The number of likely N-dealkylation sites (tertiary alicyclic amines) is 1. The fraction of sp³-hybridized carbons (Fsp3) is 0.682. The summed E-state index contributed by atoms with van der Waals surface area (Å²) in [4.78, 5) is 50.8. The van der Waals surface area contributed by atoms with E-state index >= 15 is 0 Å². The lowest BCUT2D eigenvalue weighted by Crippen LogP contribution is -2.44. The van der Waals surface area contributed by atoms with Gasteiger partial charge >= 0.3 is 0 Å². The molecule has 0 saturated carbocycles. The average Bonchev–Trinajstić information content (AvgIpc) is 3.40. The second-order valence-electron chi connectivity index (χ2n) is 9.11. The topological polar surface area (TPSA) is 108 Å². The maximum absolute atomic E-state index is 13.0. The first-order valence-corrected chi connectivity index (χ1v) is 11.4. The maximum Gasteiger partial charge on any atom is 0.245 e. The van der Waals surface area contributed by atoms with Gasteiger partial charge in [0.2, 0.25) is 23.7 Å². The summed E-state index contributed by atoms with van der Waals surface area (Å²) in [7, 11) is 0. The van der Waals surface area contributed by atoms with E-state index in [0.717, 1.165) is 31.6 Å². The molecule has 0 aromatic carbocycles. The Bertz CT molecular complexity index is 838. The summed E-state index contributed by atoms with van der Waals surface area (Å²) in [5, 5.41) is 5.75. The van der Waals surface area contributed by atoms with Gasteiger partial charge in [0.25, 0.3) is 0 Å². The second kappa shape index (κ2) is 9.20. The molecule has 0 aliphatic carbocycles. The van der Waals surface area contributed by atoms with Crippen molar-refractivity contribution in [3.8, 4) is 0 Å². The summed E-state index contributed by atoms with van der Waals surface area (Å²) in [5.74, 6) is -0.151. The van der Waals surface area contributed by atoms with Crippen molar-refractivity contribution >= 4 is 23.7 Å². The van der Waals surface area contributed by atoms with E-state index in [9.17, 15) is 14.4 Å². The highest BCUT2D eigenvalue weighted by Crippen LogP contribution is 2.33. The minimum absolute atomic E-state index is 0.0151. The molecule has 3 atom stereocenters. The number of nitrogens with zero attached hydrogens (tertiary/aromatic N) is 4. The molecule has 1 aromatic heterocycles. The number of aromatic nitrogens is 2. The highest BCUT2D eigenvalue weighted by Gasteiger charge is 2.43. The van der Waals surface area contributed by atoms with E-state index in [4.69, 9.17) is 4.98 Å². The number of hydrogen-bond acceptors (Lipinski definition) is 6. The SMILES string of the molecule is CC(C)NC(=O)[C@H]1CN(C(=O)[C@@H]2CCC(=O)N2)C[C@@H]1c1ccnc(N2CCCCC2)n1. The first-order valence-electron chi connectivity index (χ1n) is 11.4. The Kier molecular flexibility index (Phi) is 6.38. The molecule has 3 aliphatic heterocycles. The molecule has 9 heteroatoms. The van der Waals surface area contributed by atoms with Crippen molar-refractivity contribution in [3.05, 3.63) is 18.0 Å². The Hall–Kier alpha value is -2.71. The lowest BCUT2D eigenvalue weighted by Gasteiger charge is -2.27. The molecular formula is C22H32N6O3. The lowest BCUT2D eigenvalue weighted by atomic mass is 9.91. The van der Waals surface area contributed by atoms with Gasteiger partial charge in [-0.3, -0.25) is 14.4 Å². The molecule has 2 N–H and O–H groups in total. The van der Waals surface area contributed by atoms with E-state index in [2.05, 4.69) is 20.5 Å². The Labute approximate surface area is 183 Å². The molecule has 3 amide bonds. The predicted molar refractivity (Wildman–Crippen MR) is 115 cm³/mol. The summed E-state index contributed by atoms with van der Waals surface area (Å²) in [6.45, 7) is 6.49. The maximum atomic E-state index is 13.0. The third-order valence-electron chi connectivity index (χ3n) is 6.38. The molecule has 4 heterocycles. The predicted octanol–water partition coefficient (Wildman–Crippen LogP) is 0.812. The van der Waals surface area contributed by atoms with Crippen LogP contribution in [0.25, 0.3) is 0 Å². The number of piperidine rings is 1. The lowest BCUT2D eigenvalue weighted by molar-refractivity contribution is -0.133. The number of rotatable bonds is 5. The normalized spacial score (nSPS) is 26.3. The molecule has 4 rings (SSSR count). The van der Waals surface area contributed by atoms with Crippen LogP contribution < -0.4 is 15.5 Å². The summed E-state index contributed by atoms with van der Waals surface area (Å²) in [5.41, 5.74) is 0.797. The van der Waals surface area contributed by atoms with Gasteiger partial charge in [-0.15, -0.1) is 0 Å². The zero-order valence-corrected chi connectivity index (χ0v) is 18.3. The van der Waals surface area contributed by atoms with Crippen LogP contribution in [-0.4, -0.2) is 70.9 Å². The van der Waals surface area contributed by atoms with Crippen LogP contribution in [-0.2, 0) is 14.4 Å². The molecule has 0 spiro atoms. The first kappa shape index (κ1) is 21.5. The van der Waals surface area contributed by atoms with E-state index in [0.29, 0.717) is 31.9 Å². The zero-order valence-electron chi connectivity index (χ0n) is 18.3. The van der Waals surface area contributed by atoms with Crippen LogP contribution in [0.1, 0.15) is 57.6 Å². The van der Waals surface area contributed by atoms with Gasteiger partial charge in [-0.2, -0.15) is 0 Å². The van der Waals surface area contributed by atoms with Crippen LogP contribution in [0.4, 0.5) is 5.95 Å². The molecular weight excluding hydrogens is 396 g/mol. The monoisotopic (exact) mass is 428 g/mol. The minimum Gasteiger partial charge on any atom is -0.354 e. The summed E-state index contributed by atoms with van der Waals surface area (Å²) < 4.78 is 0. The van der Waals surface area contributed by atoms with E-state index in [1.54, 1.807) is 11.1 Å². The quantitative estimate of drug-likeness (QED) is 0.719. The van der Waals surface area contributed by atoms with E-state index in [-0.39, 0.29) is 35.6 Å². The fourth-order valence-electron chi connectivity index (χ4n) is 4.78. The van der Waals surface area contributed by atoms with Crippen LogP contribution in [0.15, 0.2) is 12.3 Å². The molecule has 3 fully saturated rings. The standard InChI is InChI=1S/C22H32N6O3/c1-14(2)24-20(30)16-13-28(21(31)18-6-7-19(29)25-18)12-15(16)17-8-9-23-22(26-17)27-10-4-3-5-11-27/h8-9,14-16,18H,3-7,10-13H2,1-2H3,(H,24,30)(H,25,29)/t15-,16-,18-/m0/s1. The Balaban J connectivity index is 1.56. The van der Waals surface area contributed by atoms with Gasteiger partial charge in [0.1, 0.15) is 6.04 Å². The smallest absolute Gasteiger partial charge is 0.245 e. The van der Waals surface area contributed by atoms with Crippen LogP contribution in [0.3, 0.4) is 0 Å². The summed E-state index contributed by atoms with van der Waals surface area (Å²) >= 11 is 0. The van der Waals surface area contributed by atoms with Gasteiger partial charge in [0.15, 0.2) is 0 Å². The Morgan fingerprint density at radius 1 is 1.19 bits per heavy atom. The van der Waals surface area contributed by atoms with E-state index in [1.165, 1.54) is 6.42 Å². The van der Waals surface area contributed by atoms with Crippen LogP contribution in [0, 0.1) is 5.92 Å². The molecule has 3 saturated heterocycles. The molecule has 0 radical (unpaired) electrons. The molecule has 1 aromatic rings. The van der Waals surface area contributed by atoms with Crippen LogP contribution in [0.2, 0.25) is 0 Å². The van der Waals surface area contributed by atoms with Gasteiger partial charge in [-0.1, -0.05) is 0 Å². The third-order valence-corrected chi connectivity index (χ3v) is 6.38. The molecule has 0 unspecified atom stereocenters. The van der Waals surface area contributed by atoms with E-state index < -0.39 is 6.04 Å². The molecule has 31 heavy (non-hydrogen) atoms. The number of amides is 3. The van der Waals surface area contributed by atoms with Gasteiger partial charge in [-0.25, -0.2) is 9.97 Å². The van der Waals surface area contributed by atoms with Crippen molar-refractivity contribution in [1.82, 2.24) is 25.5 Å². The van der Waals surface area contributed by atoms with Crippen molar-refractivity contribution < 1.29 is 14.4 Å². The van der Waals surface area contributed by atoms with Crippen molar-refractivity contribution in [2.45, 2.75) is 64.0 Å². The number of carbonyl (C=O) groups is 3. The molecule has 3 aliphatic rings. The van der Waals surface area contributed by atoms with Crippen LogP contribution in [0.5, 0.6) is 0 Å². The third kappa shape index (κ3) is 4.80. The summed E-state index contributed by atoms with van der Waals surface area (Å²) in [6.07, 6.45) is 6.12. The highest BCUT2D eigenvalue weighted by atomic mass is 16.2. The average molecular weight is 429 g/mol. The Morgan fingerprint density at radius 3 is 2.65 bits per heavy atom. The minimum atomic E-state index is -0.491. The van der Waals surface area contributed by atoms with Crippen molar-refractivity contribution in [2.24, 2.45) is 5.92 Å². The molecule has 168 valence electrons. The van der Waals surface area contributed by atoms with Gasteiger partial charge in [0.05, 0.1) is 11.6 Å². The van der Waals surface area contributed by atoms with E-state index in [1.807, 2.05) is 19.9 Å². The highest BCUT2D eigenvalue weighted by molar-refractivity contribution is 5.91. The van der Waals surface area contributed by atoms with Crippen molar-refractivity contribution in [1.29, 1.82) is 0 Å². The largest absolute Gasteiger partial charge is 0.354 e. The van der Waals surface area contributed by atoms with Gasteiger partial charge in [-0.05, 0) is 45.6 Å². The first-order chi connectivity index (χ1) is 14.9. The van der Waals surface area contributed by atoms with Crippen molar-refractivity contribution in [2.75, 3.05) is 31.1 Å².